The van der Waals surface area contributed by atoms with Gasteiger partial charge in [0.05, 0.1) is 31.3 Å². The van der Waals surface area contributed by atoms with Crippen LogP contribution in [0.5, 0.6) is 0 Å². The quantitative estimate of drug-likeness (QED) is 0.235. The summed E-state index contributed by atoms with van der Waals surface area (Å²) in [6.45, 7) is 11.2. The van der Waals surface area contributed by atoms with Crippen molar-refractivity contribution in [2.24, 2.45) is 5.41 Å². The van der Waals surface area contributed by atoms with E-state index in [-0.39, 0.29) is 31.2 Å². The van der Waals surface area contributed by atoms with Gasteiger partial charge in [0.1, 0.15) is 29.4 Å². The maximum atomic E-state index is 14.0. The topological polar surface area (TPSA) is 150 Å². The number of hydrogen-bond acceptors (Lipinski definition) is 9. The number of methoxy groups -OCH3 is 1. The lowest BCUT2D eigenvalue weighted by Gasteiger charge is -2.36. The molecule has 1 saturated carbocycles. The van der Waals surface area contributed by atoms with Crippen molar-refractivity contribution in [2.45, 2.75) is 122 Å². The highest BCUT2D eigenvalue weighted by Crippen LogP contribution is 2.44. The number of rotatable bonds is 13. The van der Waals surface area contributed by atoms with E-state index >= 15 is 0 Å². The molecule has 0 bridgehead atoms. The van der Waals surface area contributed by atoms with Crippen LogP contribution in [0.2, 0.25) is 0 Å². The fraction of sp³-hybridized carbons (Fsp3) is 0.657. The number of nitrogens with zero attached hydrogens (tertiary/aromatic N) is 1. The average Bonchev–Trinajstić information content (AvgIpc) is 3.69. The van der Waals surface area contributed by atoms with E-state index in [9.17, 15) is 24.0 Å². The fourth-order valence-corrected chi connectivity index (χ4v) is 6.02. The van der Waals surface area contributed by atoms with Gasteiger partial charge in [0.2, 0.25) is 11.8 Å². The van der Waals surface area contributed by atoms with Crippen molar-refractivity contribution in [1.29, 1.82) is 0 Å². The van der Waals surface area contributed by atoms with Gasteiger partial charge < -0.3 is 29.6 Å². The normalized spacial score (nSPS) is 18.9. The number of esters is 1. The number of hydrogen-bond donors (Lipinski definition) is 2. The molecule has 3 rings (SSSR count). The van der Waals surface area contributed by atoms with Crippen LogP contribution in [0.3, 0.4) is 0 Å². The highest BCUT2D eigenvalue weighted by Gasteiger charge is 2.46. The van der Waals surface area contributed by atoms with Crippen molar-refractivity contribution in [2.75, 3.05) is 20.3 Å². The molecule has 0 unspecified atom stereocenters. The van der Waals surface area contributed by atoms with Crippen molar-refractivity contribution in [1.82, 2.24) is 15.5 Å². The number of ether oxygens (including phenoxy) is 4. The van der Waals surface area contributed by atoms with Gasteiger partial charge >= 0.3 is 12.1 Å². The molecule has 12 nitrogen and oxygen atoms in total. The molecule has 12 heteroatoms. The molecule has 47 heavy (non-hydrogen) atoms. The maximum absolute atomic E-state index is 14.0. The zero-order valence-electron chi connectivity index (χ0n) is 28.8. The molecule has 1 aromatic carbocycles. The summed E-state index contributed by atoms with van der Waals surface area (Å²) < 4.78 is 22.5. The van der Waals surface area contributed by atoms with Crippen molar-refractivity contribution in [3.63, 3.8) is 0 Å². The molecule has 0 aromatic heterocycles. The van der Waals surface area contributed by atoms with Crippen LogP contribution in [0.25, 0.3) is 0 Å². The summed E-state index contributed by atoms with van der Waals surface area (Å²) in [4.78, 5) is 66.8. The van der Waals surface area contributed by atoms with E-state index in [0.29, 0.717) is 32.2 Å². The van der Waals surface area contributed by atoms with Gasteiger partial charge in [-0.1, -0.05) is 43.2 Å². The van der Waals surface area contributed by atoms with Crippen LogP contribution < -0.4 is 10.6 Å². The molecule has 260 valence electrons. The van der Waals surface area contributed by atoms with Gasteiger partial charge in [0, 0.05) is 6.54 Å². The lowest BCUT2D eigenvalue weighted by atomic mass is 9.78. The van der Waals surface area contributed by atoms with Crippen LogP contribution in [-0.4, -0.2) is 84.4 Å². The number of benzene rings is 1. The van der Waals surface area contributed by atoms with Crippen molar-refractivity contribution >= 4 is 29.8 Å². The third-order valence-electron chi connectivity index (χ3n) is 8.17. The zero-order valence-corrected chi connectivity index (χ0v) is 28.8. The molecule has 1 heterocycles. The summed E-state index contributed by atoms with van der Waals surface area (Å²) in [5, 5.41) is 5.51. The Morgan fingerprint density at radius 1 is 1.00 bits per heavy atom. The highest BCUT2D eigenvalue weighted by atomic mass is 16.6. The molecule has 2 fully saturated rings. The predicted molar refractivity (Wildman–Crippen MR) is 173 cm³/mol. The van der Waals surface area contributed by atoms with E-state index in [1.807, 2.05) is 57.0 Å². The Morgan fingerprint density at radius 3 is 2.23 bits per heavy atom. The monoisotopic (exact) mass is 657 g/mol. The first kappa shape index (κ1) is 37.7. The molecule has 0 spiro atoms. The number of carbonyl (C=O) groups is 4. The summed E-state index contributed by atoms with van der Waals surface area (Å²) >= 11 is 0. The molecule has 1 aliphatic heterocycles. The molecule has 0 radical (unpaired) electrons. The second kappa shape index (κ2) is 16.4. The molecule has 2 aliphatic rings. The first-order chi connectivity index (χ1) is 22.1. The molecule has 1 aliphatic carbocycles. The van der Waals surface area contributed by atoms with Crippen molar-refractivity contribution < 1.29 is 42.9 Å². The Balaban J connectivity index is 1.79. The van der Waals surface area contributed by atoms with E-state index in [2.05, 4.69) is 10.6 Å². The second-order valence-electron chi connectivity index (χ2n) is 14.3. The minimum atomic E-state index is -1.06. The van der Waals surface area contributed by atoms with Crippen LogP contribution in [0.1, 0.15) is 92.1 Å². The van der Waals surface area contributed by atoms with Crippen LogP contribution >= 0.6 is 0 Å². The third-order valence-corrected chi connectivity index (χ3v) is 8.17. The first-order valence-electron chi connectivity index (χ1n) is 16.3. The fourth-order valence-electron chi connectivity index (χ4n) is 6.02. The van der Waals surface area contributed by atoms with Gasteiger partial charge in [0.25, 0.3) is 0 Å². The van der Waals surface area contributed by atoms with Gasteiger partial charge in [-0.3, -0.25) is 14.5 Å². The van der Waals surface area contributed by atoms with Gasteiger partial charge in [-0.15, -0.1) is 0 Å². The van der Waals surface area contributed by atoms with Crippen LogP contribution in [0.15, 0.2) is 36.0 Å². The third kappa shape index (κ3) is 11.2. The summed E-state index contributed by atoms with van der Waals surface area (Å²) in [5.41, 5.74) is -1.75. The number of amides is 3. The Bertz CT molecular complexity index is 1290. The highest BCUT2D eigenvalue weighted by molar-refractivity contribution is 5.90. The standard InChI is InChI=1S/C35H51N3O9/c1-33(2,3)46-28(25(21-39)36-29(40)27-16-13-19-38(27)32(43)47-34(4,5)6)20-35(17-11-12-18-35)31(42)37-26(30(41)44-7)23-45-22-24-14-9-8-10-15-24/h8-10,14-15,26-28H,11-13,16-20,22-23H2,1-7H3,(H,36,40)(H,37,42)/t26-,27-,28-/m0/s1. The number of carbonyl (C=O) groups excluding carboxylic acids is 5. The smallest absolute Gasteiger partial charge is 0.410 e. The lowest BCUT2D eigenvalue weighted by molar-refractivity contribution is -0.149. The summed E-state index contributed by atoms with van der Waals surface area (Å²) in [7, 11) is 1.25. The molecule has 2 N–H and O–H groups in total. The van der Waals surface area contributed by atoms with Gasteiger partial charge in [-0.25, -0.2) is 14.4 Å². The van der Waals surface area contributed by atoms with Crippen LogP contribution in [0, 0.1) is 5.41 Å². The average molecular weight is 658 g/mol. The number of likely N-dealkylation sites (tertiary alicyclic amines) is 1. The van der Waals surface area contributed by atoms with E-state index < -0.39 is 52.8 Å². The predicted octanol–water partition coefficient (Wildman–Crippen LogP) is 4.23. The van der Waals surface area contributed by atoms with E-state index in [1.54, 1.807) is 20.8 Å². The summed E-state index contributed by atoms with van der Waals surface area (Å²) in [5.74, 6) is 0.263. The van der Waals surface area contributed by atoms with Gasteiger partial charge in [0.15, 0.2) is 6.04 Å². The van der Waals surface area contributed by atoms with E-state index in [0.717, 1.165) is 18.4 Å². The van der Waals surface area contributed by atoms with E-state index in [1.165, 1.54) is 12.0 Å². The van der Waals surface area contributed by atoms with Crippen molar-refractivity contribution in [3.05, 3.63) is 41.6 Å². The maximum Gasteiger partial charge on any atom is 0.410 e. The molecular formula is C35H51N3O9. The Kier molecular flexibility index (Phi) is 13.2. The molecule has 3 atom stereocenters. The Morgan fingerprint density at radius 2 is 1.66 bits per heavy atom. The summed E-state index contributed by atoms with van der Waals surface area (Å²) in [6, 6.07) is 7.55. The summed E-state index contributed by atoms with van der Waals surface area (Å²) in [6.07, 6.45) is 1.90. The van der Waals surface area contributed by atoms with Gasteiger partial charge in [-0.2, -0.15) is 0 Å². The number of nitrogens with one attached hydrogen (secondary N) is 2. The van der Waals surface area contributed by atoms with Gasteiger partial charge in [-0.05, 0) is 79.2 Å². The Labute approximate surface area is 277 Å². The molecule has 3 amide bonds. The SMILES string of the molecule is COC(=O)[C@H](COCc1ccccc1)NC(=O)C1(C[C@H](OC(C)(C)C)C(=C=O)NC(=O)[C@@H]2CCCN2C(=O)OC(C)(C)C)CCCC1. The largest absolute Gasteiger partial charge is 0.467 e. The molecule has 1 saturated heterocycles. The minimum Gasteiger partial charge on any atom is -0.467 e. The van der Waals surface area contributed by atoms with E-state index in [4.69, 9.17) is 18.9 Å². The molecule has 1 aromatic rings. The van der Waals surface area contributed by atoms with Crippen LogP contribution in [0.4, 0.5) is 4.79 Å². The molecular weight excluding hydrogens is 606 g/mol. The second-order valence-corrected chi connectivity index (χ2v) is 14.3. The van der Waals surface area contributed by atoms with Crippen LogP contribution in [-0.2, 0) is 44.7 Å². The minimum absolute atomic E-state index is 0.0557. The first-order valence-corrected chi connectivity index (χ1v) is 16.3. The lowest BCUT2D eigenvalue weighted by Crippen LogP contribution is -2.52. The van der Waals surface area contributed by atoms with Crippen molar-refractivity contribution in [3.8, 4) is 0 Å². The Hall–Kier alpha value is -3.73. The zero-order chi connectivity index (χ0) is 34.8.